The normalized spacial score (nSPS) is 28.4. The van der Waals surface area contributed by atoms with Crippen molar-refractivity contribution in [3.8, 4) is 0 Å². The Morgan fingerprint density at radius 3 is 2.74 bits per heavy atom. The van der Waals surface area contributed by atoms with E-state index in [1.54, 1.807) is 0 Å². The van der Waals surface area contributed by atoms with E-state index in [9.17, 15) is 18.3 Å². The number of hydrogen-bond acceptors (Lipinski definition) is 1. The second kappa shape index (κ2) is 5.16. The summed E-state index contributed by atoms with van der Waals surface area (Å²) in [6.45, 7) is 1.94. The highest BCUT2D eigenvalue weighted by Crippen LogP contribution is 2.42. The minimum atomic E-state index is -4.19. The van der Waals surface area contributed by atoms with Crippen molar-refractivity contribution in [1.82, 2.24) is 0 Å². The zero-order valence-corrected chi connectivity index (χ0v) is 11.0. The molecule has 1 N–H and O–H groups in total. The van der Waals surface area contributed by atoms with Gasteiger partial charge in [0.2, 0.25) is 0 Å². The predicted molar refractivity (Wildman–Crippen MR) is 67.8 cm³/mol. The Kier molecular flexibility index (Phi) is 3.90. The largest absolute Gasteiger partial charge is 0.391 e. The lowest BCUT2D eigenvalue weighted by Gasteiger charge is -2.37. The van der Waals surface area contributed by atoms with E-state index in [1.165, 1.54) is 0 Å². The molecule has 2 unspecified atom stereocenters. The van der Waals surface area contributed by atoms with Gasteiger partial charge in [0.25, 0.3) is 0 Å². The van der Waals surface area contributed by atoms with Crippen LogP contribution in [0.1, 0.15) is 36.8 Å². The topological polar surface area (TPSA) is 20.2 Å². The highest BCUT2D eigenvalue weighted by atomic mass is 19.4. The zero-order chi connectivity index (χ0) is 14.1. The summed E-state index contributed by atoms with van der Waals surface area (Å²) in [5.74, 6) is -1.36. The Morgan fingerprint density at radius 1 is 1.37 bits per heavy atom. The molecule has 1 saturated carbocycles. The molecule has 1 aliphatic carbocycles. The minimum Gasteiger partial charge on any atom is -0.390 e. The molecule has 0 aromatic heterocycles. The van der Waals surface area contributed by atoms with Crippen molar-refractivity contribution in [2.75, 3.05) is 0 Å². The molecular weight excluding hydrogens is 253 g/mol. The average Bonchev–Trinajstić information content (AvgIpc) is 2.27. The molecule has 2 rings (SSSR count). The van der Waals surface area contributed by atoms with E-state index < -0.39 is 17.7 Å². The van der Waals surface area contributed by atoms with Crippen LogP contribution in [0.15, 0.2) is 24.3 Å². The molecule has 0 radical (unpaired) electrons. The Labute approximate surface area is 111 Å². The molecule has 1 nitrogen and oxygen atoms in total. The van der Waals surface area contributed by atoms with Crippen molar-refractivity contribution in [1.29, 1.82) is 0 Å². The predicted octanol–water partition coefficient (Wildman–Crippen LogP) is 4.02. The standard InChI is InChI=1S/C15H19F3O/c1-11-4-2-5-12(8-11)9-14(19)7-3-6-13(10-14)15(16,17)18/h2,4-5,8,13,19H,3,6-7,9-10H2,1H3. The van der Waals surface area contributed by atoms with Crippen LogP contribution in [-0.4, -0.2) is 16.9 Å². The molecule has 4 heteroatoms. The van der Waals surface area contributed by atoms with Crippen LogP contribution in [-0.2, 0) is 6.42 Å². The van der Waals surface area contributed by atoms with Gasteiger partial charge in [0, 0.05) is 6.42 Å². The lowest BCUT2D eigenvalue weighted by molar-refractivity contribution is -0.200. The van der Waals surface area contributed by atoms with Crippen molar-refractivity contribution in [3.05, 3.63) is 35.4 Å². The Balaban J connectivity index is 2.10. The fraction of sp³-hybridized carbons (Fsp3) is 0.600. The van der Waals surface area contributed by atoms with E-state index in [0.717, 1.165) is 11.1 Å². The number of aliphatic hydroxyl groups is 1. The van der Waals surface area contributed by atoms with Gasteiger partial charge in [-0.25, -0.2) is 0 Å². The molecule has 0 heterocycles. The van der Waals surface area contributed by atoms with Crippen LogP contribution in [0.25, 0.3) is 0 Å². The first-order valence-electron chi connectivity index (χ1n) is 6.63. The number of hydrogen-bond donors (Lipinski definition) is 1. The van der Waals surface area contributed by atoms with Crippen molar-refractivity contribution < 1.29 is 18.3 Å². The molecule has 0 bridgehead atoms. The summed E-state index contributed by atoms with van der Waals surface area (Å²) in [6.07, 6.45) is -3.04. The number of alkyl halides is 3. The van der Waals surface area contributed by atoms with Gasteiger partial charge in [0.1, 0.15) is 0 Å². The van der Waals surface area contributed by atoms with Gasteiger partial charge >= 0.3 is 6.18 Å². The van der Waals surface area contributed by atoms with E-state index >= 15 is 0 Å². The van der Waals surface area contributed by atoms with E-state index in [0.29, 0.717) is 19.3 Å². The number of benzene rings is 1. The molecule has 106 valence electrons. The Morgan fingerprint density at radius 2 is 2.11 bits per heavy atom. The lowest BCUT2D eigenvalue weighted by atomic mass is 9.75. The molecule has 1 aromatic carbocycles. The number of halogens is 3. The summed E-state index contributed by atoms with van der Waals surface area (Å²) < 4.78 is 38.3. The highest BCUT2D eigenvalue weighted by molar-refractivity contribution is 5.23. The minimum absolute atomic E-state index is 0.139. The van der Waals surface area contributed by atoms with E-state index in [-0.39, 0.29) is 12.8 Å². The third-order valence-electron chi connectivity index (χ3n) is 3.90. The van der Waals surface area contributed by atoms with Crippen LogP contribution >= 0.6 is 0 Å². The van der Waals surface area contributed by atoms with Gasteiger partial charge < -0.3 is 5.11 Å². The van der Waals surface area contributed by atoms with Gasteiger partial charge in [-0.05, 0) is 38.2 Å². The molecule has 0 aliphatic heterocycles. The maximum absolute atomic E-state index is 12.8. The number of rotatable bonds is 2. The van der Waals surface area contributed by atoms with E-state index in [4.69, 9.17) is 0 Å². The fourth-order valence-electron chi connectivity index (χ4n) is 2.98. The molecular formula is C15H19F3O. The van der Waals surface area contributed by atoms with Gasteiger partial charge in [-0.15, -0.1) is 0 Å². The first-order valence-corrected chi connectivity index (χ1v) is 6.63. The van der Waals surface area contributed by atoms with Crippen LogP contribution in [0, 0.1) is 12.8 Å². The van der Waals surface area contributed by atoms with Gasteiger partial charge in [0.05, 0.1) is 11.5 Å². The summed E-state index contributed by atoms with van der Waals surface area (Å²) in [6, 6.07) is 7.60. The summed E-state index contributed by atoms with van der Waals surface area (Å²) in [5, 5.41) is 10.4. The summed E-state index contributed by atoms with van der Waals surface area (Å²) in [7, 11) is 0. The molecule has 0 spiro atoms. The molecule has 1 aliphatic rings. The quantitative estimate of drug-likeness (QED) is 0.862. The maximum Gasteiger partial charge on any atom is 0.391 e. The second-order valence-corrected chi connectivity index (χ2v) is 5.73. The van der Waals surface area contributed by atoms with Crippen molar-refractivity contribution >= 4 is 0 Å². The highest BCUT2D eigenvalue weighted by Gasteiger charge is 2.46. The monoisotopic (exact) mass is 272 g/mol. The second-order valence-electron chi connectivity index (χ2n) is 5.73. The van der Waals surface area contributed by atoms with Crippen molar-refractivity contribution in [2.45, 2.75) is 50.8 Å². The van der Waals surface area contributed by atoms with Crippen LogP contribution in [0.4, 0.5) is 13.2 Å². The van der Waals surface area contributed by atoms with E-state index in [1.807, 2.05) is 31.2 Å². The zero-order valence-electron chi connectivity index (χ0n) is 11.0. The third-order valence-corrected chi connectivity index (χ3v) is 3.90. The maximum atomic E-state index is 12.8. The lowest BCUT2D eigenvalue weighted by Crippen LogP contribution is -2.41. The summed E-state index contributed by atoms with van der Waals surface area (Å²) >= 11 is 0. The van der Waals surface area contributed by atoms with Crippen LogP contribution in [0.3, 0.4) is 0 Å². The van der Waals surface area contributed by atoms with Crippen LogP contribution in [0.2, 0.25) is 0 Å². The van der Waals surface area contributed by atoms with Crippen molar-refractivity contribution in [3.63, 3.8) is 0 Å². The molecule has 0 saturated heterocycles. The summed E-state index contributed by atoms with van der Waals surface area (Å²) in [4.78, 5) is 0. The SMILES string of the molecule is Cc1cccc(CC2(O)CCCC(C(F)(F)F)C2)c1. The van der Waals surface area contributed by atoms with Crippen molar-refractivity contribution in [2.24, 2.45) is 5.92 Å². The van der Waals surface area contributed by atoms with Gasteiger partial charge in [0.15, 0.2) is 0 Å². The molecule has 1 aromatic rings. The van der Waals surface area contributed by atoms with Crippen LogP contribution in [0.5, 0.6) is 0 Å². The van der Waals surface area contributed by atoms with Gasteiger partial charge in [-0.3, -0.25) is 0 Å². The van der Waals surface area contributed by atoms with Crippen LogP contribution < -0.4 is 0 Å². The van der Waals surface area contributed by atoms with Gasteiger partial charge in [-0.2, -0.15) is 13.2 Å². The molecule has 19 heavy (non-hydrogen) atoms. The summed E-state index contributed by atoms with van der Waals surface area (Å²) in [5.41, 5.74) is 0.751. The Hall–Kier alpha value is -1.03. The number of aryl methyl sites for hydroxylation is 1. The van der Waals surface area contributed by atoms with Gasteiger partial charge in [-0.1, -0.05) is 29.8 Å². The smallest absolute Gasteiger partial charge is 0.390 e. The van der Waals surface area contributed by atoms with E-state index in [2.05, 4.69) is 0 Å². The first-order chi connectivity index (χ1) is 8.78. The molecule has 0 amide bonds. The third kappa shape index (κ3) is 3.72. The Bertz CT molecular complexity index is 441. The average molecular weight is 272 g/mol. The molecule has 1 fully saturated rings. The molecule has 2 atom stereocenters. The fourth-order valence-corrected chi connectivity index (χ4v) is 2.98. The first kappa shape index (κ1) is 14.4.